The molecule has 0 aromatic heterocycles. The van der Waals surface area contributed by atoms with Gasteiger partial charge in [0.1, 0.15) is 0 Å². The van der Waals surface area contributed by atoms with E-state index in [9.17, 15) is 4.79 Å². The first-order chi connectivity index (χ1) is 10.8. The summed E-state index contributed by atoms with van der Waals surface area (Å²) in [6, 6.07) is -0.212. The standard InChI is InChI=1S/C17H28BN2O3/c1-10-15(21)20-7-5-6-14(20)18(19-10)22-13-9-11-8-12(16(11,2)3)17(13,4)23-18/h10-14,19H,5-9H2,1-4H3/q-1/t10-,11-,12-,13+,14-,17-,18?/m0/s1. The molecular weight excluding hydrogens is 291 g/mol. The molecule has 5 nitrogen and oxygen atoms in total. The van der Waals surface area contributed by atoms with E-state index >= 15 is 0 Å². The van der Waals surface area contributed by atoms with Crippen LogP contribution in [0.2, 0.25) is 0 Å². The number of fused-ring (bicyclic) bond motifs is 2. The van der Waals surface area contributed by atoms with Gasteiger partial charge in [0.05, 0.1) is 6.04 Å². The number of hydrogen-bond acceptors (Lipinski definition) is 4. The van der Waals surface area contributed by atoms with Gasteiger partial charge in [-0.05, 0) is 56.3 Å². The van der Waals surface area contributed by atoms with Crippen LogP contribution in [0.15, 0.2) is 0 Å². The van der Waals surface area contributed by atoms with Gasteiger partial charge >= 0.3 is 6.69 Å². The SMILES string of the molecule is C[C@@H]1N[B-]2(O[C@@H]3C[C@@H]4C[C@@H](C4(C)C)[C@]3(C)O2)[C@@H]2CCCN2C1=O. The maximum atomic E-state index is 12.5. The molecule has 0 aromatic carbocycles. The maximum absolute atomic E-state index is 12.5. The van der Waals surface area contributed by atoms with E-state index in [1.165, 1.54) is 6.42 Å². The molecule has 128 valence electrons. The summed E-state index contributed by atoms with van der Waals surface area (Å²) in [5.41, 5.74) is 0.140. The molecule has 3 aliphatic heterocycles. The molecule has 0 aromatic rings. The highest BCUT2D eigenvalue weighted by molar-refractivity contribution is 6.68. The molecule has 2 bridgehead atoms. The van der Waals surface area contributed by atoms with Gasteiger partial charge in [0, 0.05) is 18.2 Å². The van der Waals surface area contributed by atoms with Gasteiger partial charge in [0.15, 0.2) is 0 Å². The third kappa shape index (κ3) is 1.58. The van der Waals surface area contributed by atoms with Crippen LogP contribution in [0.25, 0.3) is 0 Å². The van der Waals surface area contributed by atoms with E-state index in [4.69, 9.17) is 9.31 Å². The third-order valence-corrected chi connectivity index (χ3v) is 8.04. The van der Waals surface area contributed by atoms with E-state index in [1.54, 1.807) is 0 Å². The monoisotopic (exact) mass is 319 g/mol. The predicted molar refractivity (Wildman–Crippen MR) is 87.4 cm³/mol. The normalized spacial score (nSPS) is 56.4. The first kappa shape index (κ1) is 14.7. The fourth-order valence-electron chi connectivity index (χ4n) is 6.65. The van der Waals surface area contributed by atoms with E-state index < -0.39 is 6.69 Å². The molecule has 6 aliphatic rings. The molecule has 1 N–H and O–H groups in total. The van der Waals surface area contributed by atoms with Crippen molar-refractivity contribution >= 4 is 12.6 Å². The van der Waals surface area contributed by atoms with Crippen LogP contribution in [0.3, 0.4) is 0 Å². The van der Waals surface area contributed by atoms with Crippen LogP contribution in [0.1, 0.15) is 53.4 Å². The summed E-state index contributed by atoms with van der Waals surface area (Å²) in [4.78, 5) is 14.5. The minimum absolute atomic E-state index is 0.0847. The number of nitrogens with one attached hydrogen (secondary N) is 1. The molecule has 23 heavy (non-hydrogen) atoms. The van der Waals surface area contributed by atoms with E-state index in [2.05, 4.69) is 26.0 Å². The van der Waals surface area contributed by atoms with Crippen LogP contribution >= 0.6 is 0 Å². The molecule has 6 fully saturated rings. The largest absolute Gasteiger partial charge is 0.549 e. The Morgan fingerprint density at radius 2 is 2.09 bits per heavy atom. The fourth-order valence-corrected chi connectivity index (χ4v) is 6.65. The molecule has 3 aliphatic carbocycles. The van der Waals surface area contributed by atoms with Crippen LogP contribution in [-0.2, 0) is 14.1 Å². The van der Waals surface area contributed by atoms with Crippen LogP contribution in [-0.4, -0.2) is 47.7 Å². The summed E-state index contributed by atoms with van der Waals surface area (Å²) >= 11 is 0. The number of amides is 1. The predicted octanol–water partition coefficient (Wildman–Crippen LogP) is 1.69. The Bertz CT molecular complexity index is 584. The molecule has 3 saturated heterocycles. The first-order valence-electron chi connectivity index (χ1n) is 9.39. The van der Waals surface area contributed by atoms with Gasteiger partial charge < -0.3 is 19.4 Å². The Kier molecular flexibility index (Phi) is 2.65. The first-order valence-corrected chi connectivity index (χ1v) is 9.39. The fraction of sp³-hybridized carbons (Fsp3) is 0.941. The number of rotatable bonds is 0. The average Bonchev–Trinajstić information content (AvgIpc) is 3.06. The minimum atomic E-state index is -1.60. The molecule has 3 heterocycles. The second-order valence-corrected chi connectivity index (χ2v) is 9.37. The van der Waals surface area contributed by atoms with E-state index in [1.807, 2.05) is 11.8 Å². The summed E-state index contributed by atoms with van der Waals surface area (Å²) in [7, 11) is 0. The van der Waals surface area contributed by atoms with Crippen LogP contribution in [0, 0.1) is 17.3 Å². The van der Waals surface area contributed by atoms with E-state index in [0.717, 1.165) is 31.7 Å². The molecule has 3 saturated carbocycles. The Balaban J connectivity index is 1.52. The van der Waals surface area contributed by atoms with Gasteiger partial charge in [0.2, 0.25) is 5.91 Å². The number of carbonyl (C=O) groups excluding carboxylic acids is 1. The zero-order chi connectivity index (χ0) is 16.2. The Morgan fingerprint density at radius 3 is 2.83 bits per heavy atom. The summed E-state index contributed by atoms with van der Waals surface area (Å²) in [6.07, 6.45) is 4.58. The van der Waals surface area contributed by atoms with Crippen molar-refractivity contribution in [2.45, 2.75) is 77.1 Å². The number of hydrogen-bond donors (Lipinski definition) is 1. The summed E-state index contributed by atoms with van der Waals surface area (Å²) in [6.45, 7) is 8.23. The molecule has 7 atom stereocenters. The van der Waals surface area contributed by atoms with Gasteiger partial charge in [-0.3, -0.25) is 4.79 Å². The van der Waals surface area contributed by atoms with Crippen molar-refractivity contribution in [2.24, 2.45) is 17.3 Å². The van der Waals surface area contributed by atoms with Crippen molar-refractivity contribution < 1.29 is 14.1 Å². The molecule has 1 spiro atoms. The van der Waals surface area contributed by atoms with Crippen LogP contribution in [0.4, 0.5) is 0 Å². The lowest BCUT2D eigenvalue weighted by Crippen LogP contribution is -2.75. The van der Waals surface area contributed by atoms with Gasteiger partial charge in [-0.25, -0.2) is 0 Å². The molecule has 6 rings (SSSR count). The third-order valence-electron chi connectivity index (χ3n) is 8.04. The Hall–Kier alpha value is -0.585. The zero-order valence-corrected chi connectivity index (χ0v) is 14.7. The molecule has 0 radical (unpaired) electrons. The van der Waals surface area contributed by atoms with Gasteiger partial charge in [-0.2, -0.15) is 0 Å². The lowest BCUT2D eigenvalue weighted by atomic mass is 9.43. The van der Waals surface area contributed by atoms with Crippen molar-refractivity contribution in [2.75, 3.05) is 6.54 Å². The summed E-state index contributed by atoms with van der Waals surface area (Å²) < 4.78 is 13.5. The highest BCUT2D eigenvalue weighted by Gasteiger charge is 2.69. The van der Waals surface area contributed by atoms with Crippen molar-refractivity contribution in [1.29, 1.82) is 0 Å². The number of nitrogens with zero attached hydrogens (tertiary/aromatic N) is 1. The summed E-state index contributed by atoms with van der Waals surface area (Å²) in [5.74, 6) is 1.60. The number of carbonyl (C=O) groups is 1. The van der Waals surface area contributed by atoms with Crippen LogP contribution < -0.4 is 5.23 Å². The zero-order valence-electron chi connectivity index (χ0n) is 14.7. The van der Waals surface area contributed by atoms with Crippen molar-refractivity contribution in [1.82, 2.24) is 10.1 Å². The second kappa shape index (κ2) is 4.14. The lowest BCUT2D eigenvalue weighted by molar-refractivity contribution is -0.200. The van der Waals surface area contributed by atoms with Crippen LogP contribution in [0.5, 0.6) is 0 Å². The van der Waals surface area contributed by atoms with Crippen molar-refractivity contribution in [3.05, 3.63) is 0 Å². The maximum Gasteiger partial charge on any atom is 0.338 e. The topological polar surface area (TPSA) is 50.8 Å². The summed E-state index contributed by atoms with van der Waals surface area (Å²) in [5, 5.41) is 3.49. The lowest BCUT2D eigenvalue weighted by Gasteiger charge is -2.66. The highest BCUT2D eigenvalue weighted by atomic mass is 16.7. The Morgan fingerprint density at radius 1 is 1.30 bits per heavy atom. The van der Waals surface area contributed by atoms with Crippen molar-refractivity contribution in [3.63, 3.8) is 0 Å². The average molecular weight is 319 g/mol. The van der Waals surface area contributed by atoms with Crippen molar-refractivity contribution in [3.8, 4) is 0 Å². The molecular formula is C17H28BN2O3-. The van der Waals surface area contributed by atoms with E-state index in [0.29, 0.717) is 11.3 Å². The smallest absolute Gasteiger partial charge is 0.338 e. The van der Waals surface area contributed by atoms with Gasteiger partial charge in [0.25, 0.3) is 0 Å². The molecule has 1 unspecified atom stereocenters. The highest BCUT2D eigenvalue weighted by Crippen LogP contribution is 2.66. The minimum Gasteiger partial charge on any atom is -0.549 e. The van der Waals surface area contributed by atoms with Gasteiger partial charge in [-0.15, -0.1) is 0 Å². The molecule has 6 heteroatoms. The molecule has 1 amide bonds. The van der Waals surface area contributed by atoms with E-state index in [-0.39, 0.29) is 29.6 Å². The quantitative estimate of drug-likeness (QED) is 0.690. The second-order valence-electron chi connectivity index (χ2n) is 9.37. The Labute approximate surface area is 138 Å². The van der Waals surface area contributed by atoms with Gasteiger partial charge in [-0.1, -0.05) is 20.3 Å².